The Kier molecular flexibility index (Phi) is 7.66. The Hall–Kier alpha value is -1.74. The molecular formula is C24H33N3O3S2. The third-order valence-electron chi connectivity index (χ3n) is 6.87. The van der Waals surface area contributed by atoms with Crippen LogP contribution in [0.3, 0.4) is 0 Å². The first-order valence-electron chi connectivity index (χ1n) is 11.6. The van der Waals surface area contributed by atoms with E-state index in [1.54, 1.807) is 21.8 Å². The minimum absolute atomic E-state index is 0.0913. The van der Waals surface area contributed by atoms with Crippen LogP contribution in [-0.2, 0) is 27.8 Å². The molecule has 174 valence electrons. The Bertz CT molecular complexity index is 999. The van der Waals surface area contributed by atoms with Crippen LogP contribution in [0.1, 0.15) is 37.3 Å². The number of fused-ring (bicyclic) bond motifs is 1. The van der Waals surface area contributed by atoms with Crippen molar-refractivity contribution in [3.8, 4) is 0 Å². The summed E-state index contributed by atoms with van der Waals surface area (Å²) >= 11 is 1.26. The average Bonchev–Trinajstić information content (AvgIpc) is 3.37. The topological polar surface area (TPSA) is 69.7 Å². The number of nitrogens with zero attached hydrogens (tertiary/aromatic N) is 2. The molecule has 1 saturated heterocycles. The molecule has 1 atom stereocenters. The fourth-order valence-corrected chi connectivity index (χ4v) is 7.40. The summed E-state index contributed by atoms with van der Waals surface area (Å²) in [6.07, 6.45) is 3.50. The number of hydrogen-bond acceptors (Lipinski definition) is 5. The van der Waals surface area contributed by atoms with E-state index in [9.17, 15) is 13.2 Å². The molecule has 6 nitrogen and oxygen atoms in total. The number of sulfonamides is 1. The lowest BCUT2D eigenvalue weighted by atomic mass is 9.85. The molecule has 2 aliphatic rings. The van der Waals surface area contributed by atoms with Gasteiger partial charge in [-0.25, -0.2) is 8.42 Å². The number of nitrogens with one attached hydrogen (secondary N) is 1. The molecule has 4 rings (SSSR count). The SMILES string of the molecule is CC(C(=O)NCCCN1CCc2ccccc2C1)C1CCN(S(=O)(=O)c2cccs2)CC1. The van der Waals surface area contributed by atoms with Gasteiger partial charge in [-0.3, -0.25) is 9.69 Å². The summed E-state index contributed by atoms with van der Waals surface area (Å²) in [5.74, 6) is 0.223. The largest absolute Gasteiger partial charge is 0.356 e. The van der Waals surface area contributed by atoms with E-state index in [1.807, 2.05) is 6.92 Å². The van der Waals surface area contributed by atoms with Gasteiger partial charge in [0.2, 0.25) is 5.91 Å². The lowest BCUT2D eigenvalue weighted by molar-refractivity contribution is -0.126. The zero-order valence-electron chi connectivity index (χ0n) is 18.7. The summed E-state index contributed by atoms with van der Waals surface area (Å²) in [4.78, 5) is 15.1. The van der Waals surface area contributed by atoms with E-state index in [0.717, 1.165) is 45.3 Å². The summed E-state index contributed by atoms with van der Waals surface area (Å²) in [6, 6.07) is 12.1. The summed E-state index contributed by atoms with van der Waals surface area (Å²) in [5.41, 5.74) is 2.88. The Morgan fingerprint density at radius 1 is 1.12 bits per heavy atom. The number of piperidine rings is 1. The lowest BCUT2D eigenvalue weighted by Gasteiger charge is -2.33. The fourth-order valence-electron chi connectivity index (χ4n) is 4.79. The second-order valence-corrected chi connectivity index (χ2v) is 12.0. The van der Waals surface area contributed by atoms with Crippen molar-refractivity contribution in [2.24, 2.45) is 11.8 Å². The summed E-state index contributed by atoms with van der Waals surface area (Å²) in [6.45, 7) is 6.69. The summed E-state index contributed by atoms with van der Waals surface area (Å²) < 4.78 is 27.3. The van der Waals surface area contributed by atoms with E-state index in [4.69, 9.17) is 0 Å². The van der Waals surface area contributed by atoms with Crippen molar-refractivity contribution in [3.63, 3.8) is 0 Å². The highest BCUT2D eigenvalue weighted by molar-refractivity contribution is 7.91. The standard InChI is InChI=1S/C24H33N3O3S2/c1-19(20-10-15-27(16-11-20)32(29,30)23-8-4-17-31-23)24(28)25-12-5-13-26-14-9-21-6-2-3-7-22(21)18-26/h2-4,6-8,17,19-20H,5,9-16,18H2,1H3,(H,25,28). The van der Waals surface area contributed by atoms with E-state index in [0.29, 0.717) is 23.8 Å². The quantitative estimate of drug-likeness (QED) is 0.595. The molecular weight excluding hydrogens is 442 g/mol. The van der Waals surface area contributed by atoms with Crippen LogP contribution in [0, 0.1) is 11.8 Å². The van der Waals surface area contributed by atoms with Gasteiger partial charge in [0.1, 0.15) is 4.21 Å². The Morgan fingerprint density at radius 2 is 1.88 bits per heavy atom. The number of amides is 1. The van der Waals surface area contributed by atoms with Gasteiger partial charge in [-0.05, 0) is 54.2 Å². The fraction of sp³-hybridized carbons (Fsp3) is 0.542. The van der Waals surface area contributed by atoms with Crippen molar-refractivity contribution in [1.82, 2.24) is 14.5 Å². The predicted molar refractivity (Wildman–Crippen MR) is 128 cm³/mol. The van der Waals surface area contributed by atoms with Gasteiger partial charge in [0, 0.05) is 45.2 Å². The molecule has 1 N–H and O–H groups in total. The number of rotatable bonds is 8. The van der Waals surface area contributed by atoms with Crippen molar-refractivity contribution in [3.05, 3.63) is 52.9 Å². The van der Waals surface area contributed by atoms with E-state index < -0.39 is 10.0 Å². The van der Waals surface area contributed by atoms with E-state index in [-0.39, 0.29) is 17.7 Å². The molecule has 0 saturated carbocycles. The number of hydrogen-bond donors (Lipinski definition) is 1. The maximum Gasteiger partial charge on any atom is 0.252 e. The Labute approximate surface area is 195 Å². The van der Waals surface area contributed by atoms with Crippen LogP contribution in [0.5, 0.6) is 0 Å². The average molecular weight is 476 g/mol. The first-order valence-corrected chi connectivity index (χ1v) is 13.9. The van der Waals surface area contributed by atoms with Crippen LogP contribution in [0.15, 0.2) is 46.0 Å². The molecule has 3 heterocycles. The van der Waals surface area contributed by atoms with Gasteiger partial charge in [-0.2, -0.15) is 4.31 Å². The highest BCUT2D eigenvalue weighted by Gasteiger charge is 2.33. The zero-order valence-corrected chi connectivity index (χ0v) is 20.3. The highest BCUT2D eigenvalue weighted by atomic mass is 32.2. The number of carbonyl (C=O) groups is 1. The normalized spacial score (nSPS) is 19.4. The van der Waals surface area contributed by atoms with Crippen molar-refractivity contribution in [2.45, 2.75) is 43.4 Å². The van der Waals surface area contributed by atoms with Crippen molar-refractivity contribution in [1.29, 1.82) is 0 Å². The Morgan fingerprint density at radius 3 is 2.59 bits per heavy atom. The van der Waals surface area contributed by atoms with E-state index >= 15 is 0 Å². The second kappa shape index (κ2) is 10.5. The first-order chi connectivity index (χ1) is 15.4. The Balaban J connectivity index is 1.17. The minimum Gasteiger partial charge on any atom is -0.356 e. The molecule has 32 heavy (non-hydrogen) atoms. The molecule has 1 fully saturated rings. The molecule has 0 spiro atoms. The predicted octanol–water partition coefficient (Wildman–Crippen LogP) is 3.35. The van der Waals surface area contributed by atoms with Gasteiger partial charge in [-0.15, -0.1) is 11.3 Å². The zero-order chi connectivity index (χ0) is 22.6. The molecule has 2 aliphatic heterocycles. The van der Waals surface area contributed by atoms with Crippen molar-refractivity contribution < 1.29 is 13.2 Å². The van der Waals surface area contributed by atoms with Gasteiger partial charge in [0.25, 0.3) is 10.0 Å². The third kappa shape index (κ3) is 5.42. The van der Waals surface area contributed by atoms with Crippen LogP contribution in [0.2, 0.25) is 0 Å². The van der Waals surface area contributed by atoms with Crippen LogP contribution >= 0.6 is 11.3 Å². The smallest absolute Gasteiger partial charge is 0.252 e. The molecule has 0 radical (unpaired) electrons. The van der Waals surface area contributed by atoms with Crippen molar-refractivity contribution in [2.75, 3.05) is 32.7 Å². The monoisotopic (exact) mass is 475 g/mol. The van der Waals surface area contributed by atoms with Crippen LogP contribution in [-0.4, -0.2) is 56.3 Å². The van der Waals surface area contributed by atoms with E-state index in [1.165, 1.54) is 22.5 Å². The molecule has 0 bridgehead atoms. The second-order valence-electron chi connectivity index (χ2n) is 8.90. The molecule has 2 aromatic rings. The highest BCUT2D eigenvalue weighted by Crippen LogP contribution is 2.30. The summed E-state index contributed by atoms with van der Waals surface area (Å²) in [5, 5.41) is 4.89. The molecule has 1 aromatic carbocycles. The third-order valence-corrected chi connectivity index (χ3v) is 10.1. The maximum atomic E-state index is 12.7. The molecule has 1 amide bonds. The van der Waals surface area contributed by atoms with Gasteiger partial charge in [0.15, 0.2) is 0 Å². The summed E-state index contributed by atoms with van der Waals surface area (Å²) in [7, 11) is -3.39. The first kappa shape index (κ1) is 23.4. The minimum atomic E-state index is -3.39. The molecule has 0 aliphatic carbocycles. The van der Waals surface area contributed by atoms with Gasteiger partial charge in [-0.1, -0.05) is 37.3 Å². The van der Waals surface area contributed by atoms with Crippen LogP contribution in [0.25, 0.3) is 0 Å². The van der Waals surface area contributed by atoms with Gasteiger partial charge in [0.05, 0.1) is 0 Å². The molecule has 1 unspecified atom stereocenters. The number of thiophene rings is 1. The molecule has 8 heteroatoms. The lowest BCUT2D eigenvalue weighted by Crippen LogP contribution is -2.42. The van der Waals surface area contributed by atoms with Gasteiger partial charge >= 0.3 is 0 Å². The van der Waals surface area contributed by atoms with Gasteiger partial charge < -0.3 is 5.32 Å². The maximum absolute atomic E-state index is 12.7. The van der Waals surface area contributed by atoms with E-state index in [2.05, 4.69) is 34.5 Å². The van der Waals surface area contributed by atoms with Crippen LogP contribution in [0.4, 0.5) is 0 Å². The molecule has 1 aromatic heterocycles. The number of carbonyl (C=O) groups excluding carboxylic acids is 1. The van der Waals surface area contributed by atoms with Crippen molar-refractivity contribution >= 4 is 27.3 Å². The number of benzene rings is 1. The van der Waals surface area contributed by atoms with Crippen LogP contribution < -0.4 is 5.32 Å².